The molecular weight excluding hydrogens is 378 g/mol. The zero-order chi connectivity index (χ0) is 20.1. The lowest BCUT2D eigenvalue weighted by atomic mass is 10.1. The number of hydrogen-bond acceptors (Lipinski definition) is 4. The second-order valence-corrected chi connectivity index (χ2v) is 7.15. The number of anilines is 1. The van der Waals surface area contributed by atoms with E-state index in [9.17, 15) is 9.59 Å². The largest absolute Gasteiger partial charge is 0.476 e. The van der Waals surface area contributed by atoms with Gasteiger partial charge in [-0.25, -0.2) is 4.79 Å². The second-order valence-electron chi connectivity index (χ2n) is 6.72. The number of esters is 1. The van der Waals surface area contributed by atoms with Crippen LogP contribution < -0.4 is 10.1 Å². The van der Waals surface area contributed by atoms with Gasteiger partial charge in [-0.3, -0.25) is 4.79 Å². The van der Waals surface area contributed by atoms with E-state index < -0.39 is 24.1 Å². The van der Waals surface area contributed by atoms with Gasteiger partial charge < -0.3 is 14.8 Å². The van der Waals surface area contributed by atoms with Gasteiger partial charge in [-0.05, 0) is 49.6 Å². The molecule has 0 bridgehead atoms. The predicted octanol–water partition coefficient (Wildman–Crippen LogP) is 4.83. The van der Waals surface area contributed by atoms with Crippen LogP contribution in [-0.4, -0.2) is 24.1 Å². The summed E-state index contributed by atoms with van der Waals surface area (Å²) in [6.07, 6.45) is 0. The van der Waals surface area contributed by atoms with Crippen molar-refractivity contribution >= 4 is 39.9 Å². The standard InChI is InChI=1S/C22H20ClNO4/c1-22(2,28-17-12-10-16(23)11-13-17)21(26)27-14-20(25)24-19-9-5-7-15-6-3-4-8-18(15)19/h3-13H,14H2,1-2H3,(H,24,25). The first-order valence-corrected chi connectivity index (χ1v) is 9.12. The Morgan fingerprint density at radius 1 is 0.964 bits per heavy atom. The summed E-state index contributed by atoms with van der Waals surface area (Å²) in [4.78, 5) is 24.6. The zero-order valence-electron chi connectivity index (χ0n) is 15.6. The molecule has 0 aliphatic rings. The fraction of sp³-hybridized carbons (Fsp3) is 0.182. The Hall–Kier alpha value is -3.05. The van der Waals surface area contributed by atoms with E-state index in [1.54, 1.807) is 44.2 Å². The molecule has 0 aliphatic carbocycles. The van der Waals surface area contributed by atoms with Gasteiger partial charge in [0.25, 0.3) is 5.91 Å². The maximum Gasteiger partial charge on any atom is 0.350 e. The smallest absolute Gasteiger partial charge is 0.350 e. The summed E-state index contributed by atoms with van der Waals surface area (Å²) in [6, 6.07) is 20.0. The fourth-order valence-corrected chi connectivity index (χ4v) is 2.79. The van der Waals surface area contributed by atoms with Crippen molar-refractivity contribution in [3.05, 3.63) is 71.8 Å². The van der Waals surface area contributed by atoms with Crippen molar-refractivity contribution in [2.75, 3.05) is 11.9 Å². The molecule has 0 saturated carbocycles. The van der Waals surface area contributed by atoms with Crippen LogP contribution in [0.2, 0.25) is 5.02 Å². The highest BCUT2D eigenvalue weighted by atomic mass is 35.5. The summed E-state index contributed by atoms with van der Waals surface area (Å²) in [5.74, 6) is -0.589. The number of rotatable bonds is 6. The molecule has 5 nitrogen and oxygen atoms in total. The Morgan fingerprint density at radius 3 is 2.39 bits per heavy atom. The molecule has 1 N–H and O–H groups in total. The third kappa shape index (κ3) is 4.81. The quantitative estimate of drug-likeness (QED) is 0.605. The van der Waals surface area contributed by atoms with Crippen LogP contribution in [0, 0.1) is 0 Å². The number of benzene rings is 3. The van der Waals surface area contributed by atoms with Crippen molar-refractivity contribution < 1.29 is 19.1 Å². The molecule has 0 unspecified atom stereocenters. The van der Waals surface area contributed by atoms with Crippen LogP contribution in [0.4, 0.5) is 5.69 Å². The van der Waals surface area contributed by atoms with Gasteiger partial charge >= 0.3 is 5.97 Å². The van der Waals surface area contributed by atoms with Crippen molar-refractivity contribution in [2.24, 2.45) is 0 Å². The molecular formula is C22H20ClNO4. The van der Waals surface area contributed by atoms with E-state index in [0.29, 0.717) is 16.5 Å². The average molecular weight is 398 g/mol. The van der Waals surface area contributed by atoms with E-state index in [-0.39, 0.29) is 0 Å². The molecule has 0 spiro atoms. The van der Waals surface area contributed by atoms with Crippen molar-refractivity contribution in [3.63, 3.8) is 0 Å². The molecule has 3 aromatic rings. The lowest BCUT2D eigenvalue weighted by Gasteiger charge is -2.24. The summed E-state index contributed by atoms with van der Waals surface area (Å²) >= 11 is 5.84. The summed E-state index contributed by atoms with van der Waals surface area (Å²) in [5, 5.41) is 5.27. The van der Waals surface area contributed by atoms with E-state index in [2.05, 4.69) is 5.32 Å². The Morgan fingerprint density at radius 2 is 1.64 bits per heavy atom. The molecule has 0 fully saturated rings. The molecule has 6 heteroatoms. The first-order valence-electron chi connectivity index (χ1n) is 8.74. The molecule has 0 heterocycles. The van der Waals surface area contributed by atoms with Crippen LogP contribution in [-0.2, 0) is 14.3 Å². The molecule has 1 amide bonds. The lowest BCUT2D eigenvalue weighted by Crippen LogP contribution is -2.41. The highest BCUT2D eigenvalue weighted by molar-refractivity contribution is 6.30. The van der Waals surface area contributed by atoms with E-state index in [0.717, 1.165) is 10.8 Å². The van der Waals surface area contributed by atoms with E-state index in [1.165, 1.54) is 0 Å². The predicted molar refractivity (Wildman–Crippen MR) is 110 cm³/mol. The molecule has 144 valence electrons. The zero-order valence-corrected chi connectivity index (χ0v) is 16.3. The van der Waals surface area contributed by atoms with E-state index >= 15 is 0 Å². The van der Waals surface area contributed by atoms with Crippen molar-refractivity contribution in [1.82, 2.24) is 0 Å². The van der Waals surface area contributed by atoms with Crippen LogP contribution in [0.3, 0.4) is 0 Å². The van der Waals surface area contributed by atoms with Crippen LogP contribution in [0.1, 0.15) is 13.8 Å². The molecule has 0 radical (unpaired) electrons. The number of nitrogens with one attached hydrogen (secondary N) is 1. The first-order chi connectivity index (χ1) is 13.3. The molecule has 3 rings (SSSR count). The van der Waals surface area contributed by atoms with E-state index in [1.807, 2.05) is 36.4 Å². The summed E-state index contributed by atoms with van der Waals surface area (Å²) in [5.41, 5.74) is -0.594. The van der Waals surface area contributed by atoms with Crippen molar-refractivity contribution in [1.29, 1.82) is 0 Å². The number of carbonyl (C=O) groups excluding carboxylic acids is 2. The summed E-state index contributed by atoms with van der Waals surface area (Å²) < 4.78 is 10.8. The number of halogens is 1. The number of carbonyl (C=O) groups is 2. The van der Waals surface area contributed by atoms with Gasteiger partial charge in [0.15, 0.2) is 12.2 Å². The SMILES string of the molecule is CC(C)(Oc1ccc(Cl)cc1)C(=O)OCC(=O)Nc1cccc2ccccc12. The van der Waals surface area contributed by atoms with Gasteiger partial charge in [0.2, 0.25) is 0 Å². The molecule has 0 aromatic heterocycles. The lowest BCUT2D eigenvalue weighted by molar-refractivity contribution is -0.161. The van der Waals surface area contributed by atoms with Crippen molar-refractivity contribution in [3.8, 4) is 5.75 Å². The van der Waals surface area contributed by atoms with Crippen LogP contribution in [0.25, 0.3) is 10.8 Å². The molecule has 28 heavy (non-hydrogen) atoms. The monoisotopic (exact) mass is 397 g/mol. The minimum absolute atomic E-state index is 0.407. The third-order valence-electron chi connectivity index (χ3n) is 4.08. The molecule has 3 aromatic carbocycles. The molecule has 0 saturated heterocycles. The van der Waals surface area contributed by atoms with Crippen molar-refractivity contribution in [2.45, 2.75) is 19.4 Å². The average Bonchev–Trinajstić information content (AvgIpc) is 2.68. The Bertz CT molecular complexity index is 994. The highest BCUT2D eigenvalue weighted by Gasteiger charge is 2.32. The van der Waals surface area contributed by atoms with Gasteiger partial charge in [0.1, 0.15) is 5.75 Å². The Labute approximate surface area is 168 Å². The summed E-state index contributed by atoms with van der Waals surface area (Å²) in [7, 11) is 0. The highest BCUT2D eigenvalue weighted by Crippen LogP contribution is 2.23. The van der Waals surface area contributed by atoms with Gasteiger partial charge in [-0.1, -0.05) is 48.0 Å². The van der Waals surface area contributed by atoms with Gasteiger partial charge in [0, 0.05) is 16.1 Å². The maximum absolute atomic E-state index is 12.4. The number of hydrogen-bond donors (Lipinski definition) is 1. The Balaban J connectivity index is 1.58. The first kappa shape index (κ1) is 19.7. The number of ether oxygens (including phenoxy) is 2. The minimum atomic E-state index is -1.26. The molecule has 0 atom stereocenters. The van der Waals surface area contributed by atoms with Crippen LogP contribution in [0.5, 0.6) is 5.75 Å². The van der Waals surface area contributed by atoms with Crippen LogP contribution >= 0.6 is 11.6 Å². The topological polar surface area (TPSA) is 64.6 Å². The minimum Gasteiger partial charge on any atom is -0.476 e. The normalized spacial score (nSPS) is 11.1. The van der Waals surface area contributed by atoms with E-state index in [4.69, 9.17) is 21.1 Å². The number of fused-ring (bicyclic) bond motifs is 1. The summed E-state index contributed by atoms with van der Waals surface area (Å²) in [6.45, 7) is 2.74. The number of amides is 1. The maximum atomic E-state index is 12.4. The molecule has 0 aliphatic heterocycles. The van der Waals surface area contributed by atoms with Gasteiger partial charge in [-0.15, -0.1) is 0 Å². The van der Waals surface area contributed by atoms with Gasteiger partial charge in [0.05, 0.1) is 0 Å². The fourth-order valence-electron chi connectivity index (χ4n) is 2.66. The second kappa shape index (κ2) is 8.31. The van der Waals surface area contributed by atoms with Gasteiger partial charge in [-0.2, -0.15) is 0 Å². The Kier molecular flexibility index (Phi) is 5.85. The third-order valence-corrected chi connectivity index (χ3v) is 4.33. The van der Waals surface area contributed by atoms with Crippen LogP contribution in [0.15, 0.2) is 66.7 Å².